The largest absolute Gasteiger partial charge is 0.349 e. The Morgan fingerprint density at radius 3 is 2.47 bits per heavy atom. The number of carbonyl (C=O) groups is 1. The third-order valence-electron chi connectivity index (χ3n) is 2.94. The Kier molecular flexibility index (Phi) is 4.00. The molecule has 1 heterocycles. The van der Waals surface area contributed by atoms with Crippen LogP contribution < -0.4 is 5.32 Å². The maximum atomic E-state index is 11.1. The van der Waals surface area contributed by atoms with E-state index in [2.05, 4.69) is 41.5 Å². The molecule has 4 heteroatoms. The van der Waals surface area contributed by atoms with Crippen molar-refractivity contribution in [3.05, 3.63) is 40.4 Å². The van der Waals surface area contributed by atoms with Gasteiger partial charge in [-0.05, 0) is 20.8 Å². The standard InChI is InChI=1S/C15H18N2OS/c1-9-5-7-13(8-6-9)15-17-11(3)14(19-15)10(2)16-12(4)18/h5-8,10H,1-4H3,(H,16,18)/t10-/m1/s1. The van der Waals surface area contributed by atoms with Crippen LogP contribution in [0, 0.1) is 13.8 Å². The molecule has 1 amide bonds. The second-order valence-electron chi connectivity index (χ2n) is 4.76. The molecule has 19 heavy (non-hydrogen) atoms. The first-order valence-corrected chi connectivity index (χ1v) is 7.10. The summed E-state index contributed by atoms with van der Waals surface area (Å²) in [6.07, 6.45) is 0. The minimum Gasteiger partial charge on any atom is -0.349 e. The van der Waals surface area contributed by atoms with Gasteiger partial charge < -0.3 is 5.32 Å². The van der Waals surface area contributed by atoms with Gasteiger partial charge in [0.25, 0.3) is 0 Å². The molecule has 0 aliphatic rings. The molecule has 0 saturated carbocycles. The molecule has 0 saturated heterocycles. The Morgan fingerprint density at radius 2 is 1.89 bits per heavy atom. The molecule has 0 aliphatic carbocycles. The smallest absolute Gasteiger partial charge is 0.217 e. The SMILES string of the molecule is CC(=O)N[C@H](C)c1sc(-c2ccc(C)cc2)nc1C. The number of amides is 1. The van der Waals surface area contributed by atoms with Crippen molar-refractivity contribution in [3.8, 4) is 10.6 Å². The zero-order valence-electron chi connectivity index (χ0n) is 11.7. The predicted octanol–water partition coefficient (Wildman–Crippen LogP) is 3.62. The van der Waals surface area contributed by atoms with Gasteiger partial charge in [-0.2, -0.15) is 0 Å². The topological polar surface area (TPSA) is 42.0 Å². The molecule has 1 atom stereocenters. The van der Waals surface area contributed by atoms with E-state index >= 15 is 0 Å². The molecule has 1 aromatic carbocycles. The molecule has 1 aromatic heterocycles. The number of carbonyl (C=O) groups excluding carboxylic acids is 1. The molecule has 1 N–H and O–H groups in total. The van der Waals surface area contributed by atoms with Gasteiger partial charge in [-0.1, -0.05) is 29.8 Å². The highest BCUT2D eigenvalue weighted by Gasteiger charge is 2.15. The lowest BCUT2D eigenvalue weighted by Crippen LogP contribution is -2.23. The summed E-state index contributed by atoms with van der Waals surface area (Å²) in [7, 11) is 0. The van der Waals surface area contributed by atoms with Crippen molar-refractivity contribution in [2.75, 3.05) is 0 Å². The maximum Gasteiger partial charge on any atom is 0.217 e. The van der Waals surface area contributed by atoms with E-state index in [-0.39, 0.29) is 11.9 Å². The number of aromatic nitrogens is 1. The molecule has 3 nitrogen and oxygen atoms in total. The van der Waals surface area contributed by atoms with Crippen molar-refractivity contribution in [2.45, 2.75) is 33.7 Å². The molecule has 0 radical (unpaired) electrons. The van der Waals surface area contributed by atoms with Crippen LogP contribution in [0.3, 0.4) is 0 Å². The number of hydrogen-bond acceptors (Lipinski definition) is 3. The van der Waals surface area contributed by atoms with Crippen molar-refractivity contribution in [3.63, 3.8) is 0 Å². The van der Waals surface area contributed by atoms with Gasteiger partial charge >= 0.3 is 0 Å². The van der Waals surface area contributed by atoms with Crippen LogP contribution >= 0.6 is 11.3 Å². The number of thiazole rings is 1. The monoisotopic (exact) mass is 274 g/mol. The van der Waals surface area contributed by atoms with Crippen LogP contribution in [0.4, 0.5) is 0 Å². The van der Waals surface area contributed by atoms with Gasteiger partial charge in [0.2, 0.25) is 5.91 Å². The Hall–Kier alpha value is -1.68. The van der Waals surface area contributed by atoms with Crippen LogP contribution in [0.15, 0.2) is 24.3 Å². The van der Waals surface area contributed by atoms with Crippen molar-refractivity contribution >= 4 is 17.2 Å². The molecule has 0 fully saturated rings. The minimum absolute atomic E-state index is 0.00852. The Morgan fingerprint density at radius 1 is 1.26 bits per heavy atom. The molecule has 0 spiro atoms. The van der Waals surface area contributed by atoms with Crippen LogP contribution in [-0.2, 0) is 4.79 Å². The van der Waals surface area contributed by atoms with Gasteiger partial charge in [0.05, 0.1) is 16.6 Å². The van der Waals surface area contributed by atoms with Gasteiger partial charge in [0, 0.05) is 12.5 Å². The first-order chi connectivity index (χ1) is 8.97. The van der Waals surface area contributed by atoms with E-state index in [9.17, 15) is 4.79 Å². The van der Waals surface area contributed by atoms with Gasteiger partial charge in [-0.15, -0.1) is 11.3 Å². The summed E-state index contributed by atoms with van der Waals surface area (Å²) in [5.74, 6) is -0.0165. The van der Waals surface area contributed by atoms with Gasteiger partial charge in [0.1, 0.15) is 5.01 Å². The molecule has 2 rings (SSSR count). The first kappa shape index (κ1) is 13.7. The van der Waals surface area contributed by atoms with Crippen LogP contribution in [0.1, 0.15) is 36.0 Å². The molecule has 0 aliphatic heterocycles. The molecule has 2 aromatic rings. The summed E-state index contributed by atoms with van der Waals surface area (Å²) < 4.78 is 0. The lowest BCUT2D eigenvalue weighted by molar-refractivity contribution is -0.119. The number of nitrogens with one attached hydrogen (secondary N) is 1. The number of hydrogen-bond donors (Lipinski definition) is 1. The van der Waals surface area contributed by atoms with Crippen molar-refractivity contribution in [1.29, 1.82) is 0 Å². The van der Waals surface area contributed by atoms with Crippen LogP contribution in [0.5, 0.6) is 0 Å². The number of aryl methyl sites for hydroxylation is 2. The van der Waals surface area contributed by atoms with Crippen molar-refractivity contribution in [2.24, 2.45) is 0 Å². The second-order valence-corrected chi connectivity index (χ2v) is 5.79. The highest BCUT2D eigenvalue weighted by molar-refractivity contribution is 7.15. The summed E-state index contributed by atoms with van der Waals surface area (Å²) in [4.78, 5) is 16.8. The minimum atomic E-state index is -0.0165. The average Bonchev–Trinajstić information content (AvgIpc) is 2.71. The summed E-state index contributed by atoms with van der Waals surface area (Å²) in [5.41, 5.74) is 3.35. The summed E-state index contributed by atoms with van der Waals surface area (Å²) in [5, 5.41) is 3.91. The highest BCUT2D eigenvalue weighted by atomic mass is 32.1. The Balaban J connectivity index is 2.30. The number of rotatable bonds is 3. The lowest BCUT2D eigenvalue weighted by Gasteiger charge is -2.10. The third-order valence-corrected chi connectivity index (χ3v) is 4.33. The molecular weight excluding hydrogens is 256 g/mol. The fourth-order valence-corrected chi connectivity index (χ4v) is 3.07. The van der Waals surface area contributed by atoms with E-state index in [4.69, 9.17) is 0 Å². The number of nitrogens with zero attached hydrogens (tertiary/aromatic N) is 1. The Labute approximate surface area is 117 Å². The maximum absolute atomic E-state index is 11.1. The van der Waals surface area contributed by atoms with E-state index in [1.165, 1.54) is 12.5 Å². The summed E-state index contributed by atoms with van der Waals surface area (Å²) in [6, 6.07) is 8.35. The predicted molar refractivity (Wildman–Crippen MR) is 79.3 cm³/mol. The third kappa shape index (κ3) is 3.20. The quantitative estimate of drug-likeness (QED) is 0.928. The van der Waals surface area contributed by atoms with E-state index < -0.39 is 0 Å². The fraction of sp³-hybridized carbons (Fsp3) is 0.333. The van der Waals surface area contributed by atoms with E-state index in [0.29, 0.717) is 0 Å². The van der Waals surface area contributed by atoms with Gasteiger partial charge in [-0.25, -0.2) is 4.98 Å². The van der Waals surface area contributed by atoms with E-state index in [0.717, 1.165) is 21.1 Å². The molecule has 0 unspecified atom stereocenters. The summed E-state index contributed by atoms with van der Waals surface area (Å²) in [6.45, 7) is 7.58. The zero-order chi connectivity index (χ0) is 14.0. The lowest BCUT2D eigenvalue weighted by atomic mass is 10.2. The molecule has 100 valence electrons. The average molecular weight is 274 g/mol. The van der Waals surface area contributed by atoms with Crippen LogP contribution in [0.25, 0.3) is 10.6 Å². The molecule has 0 bridgehead atoms. The second kappa shape index (κ2) is 5.53. The number of benzene rings is 1. The van der Waals surface area contributed by atoms with Crippen molar-refractivity contribution < 1.29 is 4.79 Å². The van der Waals surface area contributed by atoms with Crippen LogP contribution in [-0.4, -0.2) is 10.9 Å². The fourth-order valence-electron chi connectivity index (χ4n) is 2.00. The zero-order valence-corrected chi connectivity index (χ0v) is 12.5. The molecular formula is C15H18N2OS. The summed E-state index contributed by atoms with van der Waals surface area (Å²) >= 11 is 1.64. The normalized spacial score (nSPS) is 12.2. The highest BCUT2D eigenvalue weighted by Crippen LogP contribution is 2.31. The van der Waals surface area contributed by atoms with Crippen LogP contribution in [0.2, 0.25) is 0 Å². The van der Waals surface area contributed by atoms with Gasteiger partial charge in [-0.3, -0.25) is 4.79 Å². The van der Waals surface area contributed by atoms with E-state index in [1.54, 1.807) is 11.3 Å². The van der Waals surface area contributed by atoms with E-state index in [1.807, 2.05) is 13.8 Å². The van der Waals surface area contributed by atoms with Crippen molar-refractivity contribution in [1.82, 2.24) is 10.3 Å². The van der Waals surface area contributed by atoms with Gasteiger partial charge in [0.15, 0.2) is 0 Å². The first-order valence-electron chi connectivity index (χ1n) is 6.29. The Bertz CT molecular complexity index is 587.